The first-order valence-corrected chi connectivity index (χ1v) is 9.78. The molecule has 10 heteroatoms. The highest BCUT2D eigenvalue weighted by Gasteiger charge is 2.31. The number of nitrogens with two attached hydrogens (primary N) is 1. The van der Waals surface area contributed by atoms with Crippen LogP contribution in [-0.4, -0.2) is 57.9 Å². The van der Waals surface area contributed by atoms with Crippen LogP contribution in [0.1, 0.15) is 23.7 Å². The zero-order valence-electron chi connectivity index (χ0n) is 17.6. The quantitative estimate of drug-likeness (QED) is 0.493. The van der Waals surface area contributed by atoms with Crippen LogP contribution in [-0.2, 0) is 4.79 Å². The molecule has 1 fully saturated rings. The average Bonchev–Trinajstić information content (AvgIpc) is 3.42. The molecule has 0 radical (unpaired) electrons. The number of rotatable bonds is 4. The lowest BCUT2D eigenvalue weighted by Gasteiger charge is -2.15. The van der Waals surface area contributed by atoms with Gasteiger partial charge in [0.1, 0.15) is 29.3 Å². The summed E-state index contributed by atoms with van der Waals surface area (Å²) >= 11 is 0. The Balaban J connectivity index is 1.73. The fourth-order valence-electron chi connectivity index (χ4n) is 3.65. The maximum absolute atomic E-state index is 13.3. The van der Waals surface area contributed by atoms with Gasteiger partial charge in [0.25, 0.3) is 5.91 Å². The second kappa shape index (κ2) is 8.55. The normalized spacial score (nSPS) is 15.3. The Morgan fingerprint density at radius 2 is 1.94 bits per heavy atom. The van der Waals surface area contributed by atoms with Gasteiger partial charge in [-0.05, 0) is 24.5 Å². The summed E-state index contributed by atoms with van der Waals surface area (Å²) in [5.74, 6) is 5.85. The molecule has 4 rings (SSSR count). The van der Waals surface area contributed by atoms with E-state index in [0.29, 0.717) is 46.8 Å². The van der Waals surface area contributed by atoms with Crippen molar-refractivity contribution in [1.82, 2.24) is 24.6 Å². The molecule has 3 aromatic rings. The minimum atomic E-state index is -0.984. The molecule has 1 unspecified atom stereocenters. The van der Waals surface area contributed by atoms with Crippen molar-refractivity contribution in [3.05, 3.63) is 48.2 Å². The fraction of sp³-hybridized carbons (Fsp3) is 0.273. The molecule has 32 heavy (non-hydrogen) atoms. The summed E-state index contributed by atoms with van der Waals surface area (Å²) in [4.78, 5) is 21.7. The highest BCUT2D eigenvalue weighted by Crippen LogP contribution is 2.29. The third-order valence-corrected chi connectivity index (χ3v) is 5.22. The van der Waals surface area contributed by atoms with E-state index < -0.39 is 11.7 Å². The molecule has 0 spiro atoms. The van der Waals surface area contributed by atoms with Crippen molar-refractivity contribution < 1.29 is 18.7 Å². The third kappa shape index (κ3) is 3.92. The Kier molecular flexibility index (Phi) is 5.64. The monoisotopic (exact) mass is 436 g/mol. The number of nitrogen functional groups attached to an aromatic ring is 1. The number of ether oxygens (including phenoxy) is 2. The summed E-state index contributed by atoms with van der Waals surface area (Å²) in [5, 5.41) is 5.14. The number of halogens is 1. The number of benzene rings is 1. The molecular formula is C22H21FN6O3. The van der Waals surface area contributed by atoms with E-state index in [1.54, 1.807) is 37.1 Å². The maximum atomic E-state index is 13.3. The van der Waals surface area contributed by atoms with Crippen molar-refractivity contribution in [1.29, 1.82) is 0 Å². The standard InChI is InChI=1S/C22H21FN6O3/c1-13(23)22(30)28-7-6-15(11-28)29-21-19(20(24)25-12-26-21)18(27-29)5-4-14-8-16(31-2)10-17(9-14)32-3/h8-10,12,15H,1,6-7,11H2,2-3H3,(H2,24,25,26). The number of likely N-dealkylation sites (tertiary alicyclic amines) is 1. The van der Waals surface area contributed by atoms with Crippen LogP contribution in [0, 0.1) is 11.8 Å². The number of carbonyl (C=O) groups excluding carboxylic acids is 1. The van der Waals surface area contributed by atoms with Crippen molar-refractivity contribution in [2.75, 3.05) is 33.0 Å². The van der Waals surface area contributed by atoms with Crippen LogP contribution in [0.5, 0.6) is 11.5 Å². The molecule has 1 amide bonds. The topological polar surface area (TPSA) is 108 Å². The minimum Gasteiger partial charge on any atom is -0.497 e. The fourth-order valence-corrected chi connectivity index (χ4v) is 3.65. The van der Waals surface area contributed by atoms with E-state index in [0.717, 1.165) is 0 Å². The van der Waals surface area contributed by atoms with Crippen molar-refractivity contribution in [2.45, 2.75) is 12.5 Å². The molecule has 1 atom stereocenters. The van der Waals surface area contributed by atoms with Crippen molar-refractivity contribution in [3.8, 4) is 23.3 Å². The number of carbonyl (C=O) groups is 1. The lowest BCUT2D eigenvalue weighted by atomic mass is 10.2. The summed E-state index contributed by atoms with van der Waals surface area (Å²) in [6.07, 6.45) is 1.93. The van der Waals surface area contributed by atoms with Crippen LogP contribution in [0.2, 0.25) is 0 Å². The van der Waals surface area contributed by atoms with Crippen molar-refractivity contribution in [2.24, 2.45) is 0 Å². The van der Waals surface area contributed by atoms with E-state index in [2.05, 4.69) is 33.5 Å². The number of hydrogen-bond acceptors (Lipinski definition) is 7. The Hall–Kier alpha value is -4.13. The summed E-state index contributed by atoms with van der Waals surface area (Å²) in [6, 6.07) is 5.10. The smallest absolute Gasteiger partial charge is 0.282 e. The Morgan fingerprint density at radius 1 is 1.22 bits per heavy atom. The van der Waals surface area contributed by atoms with Crippen molar-refractivity contribution >= 4 is 22.8 Å². The molecule has 0 aliphatic carbocycles. The predicted molar refractivity (Wildman–Crippen MR) is 116 cm³/mol. The van der Waals surface area contributed by atoms with E-state index in [-0.39, 0.29) is 18.4 Å². The Labute approximate surface area is 183 Å². The maximum Gasteiger partial charge on any atom is 0.282 e. The van der Waals surface area contributed by atoms with E-state index in [4.69, 9.17) is 15.2 Å². The molecule has 0 bridgehead atoms. The van der Waals surface area contributed by atoms with Crippen LogP contribution >= 0.6 is 0 Å². The van der Waals surface area contributed by atoms with Gasteiger partial charge in [-0.3, -0.25) is 4.79 Å². The van der Waals surface area contributed by atoms with Gasteiger partial charge in [0, 0.05) is 24.7 Å². The van der Waals surface area contributed by atoms with E-state index in [9.17, 15) is 9.18 Å². The lowest BCUT2D eigenvalue weighted by molar-refractivity contribution is -0.127. The van der Waals surface area contributed by atoms with Crippen LogP contribution in [0.3, 0.4) is 0 Å². The van der Waals surface area contributed by atoms with Crippen LogP contribution < -0.4 is 15.2 Å². The first-order chi connectivity index (χ1) is 15.4. The molecule has 1 saturated heterocycles. The van der Waals surface area contributed by atoms with Gasteiger partial charge in [-0.1, -0.05) is 12.5 Å². The van der Waals surface area contributed by atoms with Crippen LogP contribution in [0.15, 0.2) is 36.9 Å². The number of hydrogen-bond donors (Lipinski definition) is 1. The average molecular weight is 436 g/mol. The zero-order chi connectivity index (χ0) is 22.8. The SMILES string of the molecule is C=C(F)C(=O)N1CCC(n2nc(C#Cc3cc(OC)cc(OC)c3)c3c(N)ncnc32)C1. The molecule has 1 aromatic carbocycles. The summed E-state index contributed by atoms with van der Waals surface area (Å²) in [7, 11) is 3.13. The van der Waals surface area contributed by atoms with Gasteiger partial charge >= 0.3 is 0 Å². The number of aromatic nitrogens is 4. The molecule has 1 aliphatic heterocycles. The summed E-state index contributed by atoms with van der Waals surface area (Å²) in [6.45, 7) is 3.76. The predicted octanol–water partition coefficient (Wildman–Crippen LogP) is 2.08. The Bertz CT molecular complexity index is 1250. The molecular weight excluding hydrogens is 415 g/mol. The highest BCUT2D eigenvalue weighted by atomic mass is 19.1. The number of anilines is 1. The van der Waals surface area contributed by atoms with Gasteiger partial charge in [0.2, 0.25) is 0 Å². The van der Waals surface area contributed by atoms with Crippen LogP contribution in [0.4, 0.5) is 10.2 Å². The van der Waals surface area contributed by atoms with E-state index >= 15 is 0 Å². The zero-order valence-corrected chi connectivity index (χ0v) is 17.6. The van der Waals surface area contributed by atoms with Gasteiger partial charge in [0.05, 0.1) is 25.6 Å². The number of amides is 1. The first-order valence-electron chi connectivity index (χ1n) is 9.78. The molecule has 2 aromatic heterocycles. The Morgan fingerprint density at radius 3 is 2.59 bits per heavy atom. The molecule has 1 aliphatic rings. The largest absolute Gasteiger partial charge is 0.497 e. The number of nitrogens with zero attached hydrogens (tertiary/aromatic N) is 5. The van der Waals surface area contributed by atoms with Gasteiger partial charge in [-0.25, -0.2) is 19.0 Å². The minimum absolute atomic E-state index is 0.206. The molecule has 3 heterocycles. The second-order valence-electron chi connectivity index (χ2n) is 7.20. The van der Waals surface area contributed by atoms with Gasteiger partial charge in [-0.15, -0.1) is 0 Å². The van der Waals surface area contributed by atoms with E-state index in [1.807, 2.05) is 0 Å². The summed E-state index contributed by atoms with van der Waals surface area (Å²) < 4.78 is 25.5. The first kappa shape index (κ1) is 21.1. The molecule has 0 saturated carbocycles. The lowest BCUT2D eigenvalue weighted by Crippen LogP contribution is -2.29. The van der Waals surface area contributed by atoms with Gasteiger partial charge < -0.3 is 20.1 Å². The molecule has 9 nitrogen and oxygen atoms in total. The highest BCUT2D eigenvalue weighted by molar-refractivity contribution is 5.91. The van der Waals surface area contributed by atoms with E-state index in [1.165, 1.54) is 11.2 Å². The summed E-state index contributed by atoms with van der Waals surface area (Å²) in [5.41, 5.74) is 7.68. The number of methoxy groups -OCH3 is 2. The second-order valence-corrected chi connectivity index (χ2v) is 7.20. The molecule has 2 N–H and O–H groups in total. The number of fused-ring (bicyclic) bond motifs is 1. The van der Waals surface area contributed by atoms with Gasteiger partial charge in [-0.2, -0.15) is 5.10 Å². The van der Waals surface area contributed by atoms with Crippen molar-refractivity contribution in [3.63, 3.8) is 0 Å². The molecule has 164 valence electrons. The van der Waals surface area contributed by atoms with Crippen LogP contribution in [0.25, 0.3) is 11.0 Å². The van der Waals surface area contributed by atoms with Gasteiger partial charge in [0.15, 0.2) is 11.5 Å². The third-order valence-electron chi connectivity index (χ3n) is 5.22.